The van der Waals surface area contributed by atoms with Crippen LogP contribution in [0, 0.1) is 0 Å². The maximum Gasteiger partial charge on any atom is 0.246 e. The molecule has 3 aromatic rings. The van der Waals surface area contributed by atoms with Gasteiger partial charge >= 0.3 is 0 Å². The van der Waals surface area contributed by atoms with Gasteiger partial charge in [0.2, 0.25) is 11.7 Å². The lowest BCUT2D eigenvalue weighted by Gasteiger charge is -2.03. The second kappa shape index (κ2) is 6.00. The van der Waals surface area contributed by atoms with Crippen molar-refractivity contribution in [2.24, 2.45) is 0 Å². The Hall–Kier alpha value is -2.96. The molecule has 0 amide bonds. The van der Waals surface area contributed by atoms with Crippen LogP contribution in [-0.2, 0) is 6.54 Å². The first-order valence-electron chi connectivity index (χ1n) is 6.47. The molecule has 0 aliphatic heterocycles. The van der Waals surface area contributed by atoms with Gasteiger partial charge in [0.05, 0.1) is 6.54 Å². The SMILES string of the molecule is CNc1cc(NCc2nc(-c3ccccc3)no2)ncn1. The molecule has 21 heavy (non-hydrogen) atoms. The van der Waals surface area contributed by atoms with Crippen molar-refractivity contribution in [3.8, 4) is 11.4 Å². The molecule has 0 saturated carbocycles. The van der Waals surface area contributed by atoms with Crippen LogP contribution in [0.4, 0.5) is 11.6 Å². The Morgan fingerprint density at radius 3 is 2.71 bits per heavy atom. The van der Waals surface area contributed by atoms with Crippen LogP contribution in [-0.4, -0.2) is 27.2 Å². The maximum absolute atomic E-state index is 5.21. The Balaban J connectivity index is 1.67. The fourth-order valence-electron chi connectivity index (χ4n) is 1.79. The number of nitrogens with zero attached hydrogens (tertiary/aromatic N) is 4. The van der Waals surface area contributed by atoms with Gasteiger partial charge < -0.3 is 15.2 Å². The number of hydrogen-bond acceptors (Lipinski definition) is 7. The average molecular weight is 282 g/mol. The molecule has 0 unspecified atom stereocenters. The molecule has 1 aromatic carbocycles. The van der Waals surface area contributed by atoms with Crippen molar-refractivity contribution in [2.45, 2.75) is 6.54 Å². The minimum absolute atomic E-state index is 0.403. The fourth-order valence-corrected chi connectivity index (χ4v) is 1.79. The van der Waals surface area contributed by atoms with Gasteiger partial charge in [-0.05, 0) is 0 Å². The molecule has 7 heteroatoms. The van der Waals surface area contributed by atoms with E-state index in [0.717, 1.165) is 11.4 Å². The third kappa shape index (κ3) is 3.14. The van der Waals surface area contributed by atoms with Crippen LogP contribution in [0.5, 0.6) is 0 Å². The molecule has 3 rings (SSSR count). The van der Waals surface area contributed by atoms with E-state index in [1.165, 1.54) is 6.33 Å². The van der Waals surface area contributed by atoms with E-state index in [4.69, 9.17) is 4.52 Å². The van der Waals surface area contributed by atoms with Gasteiger partial charge in [0, 0.05) is 18.7 Å². The molecule has 0 atom stereocenters. The van der Waals surface area contributed by atoms with E-state index in [9.17, 15) is 0 Å². The summed E-state index contributed by atoms with van der Waals surface area (Å²) < 4.78 is 5.21. The molecule has 0 saturated heterocycles. The summed E-state index contributed by atoms with van der Waals surface area (Å²) in [7, 11) is 1.80. The normalized spacial score (nSPS) is 10.3. The lowest BCUT2D eigenvalue weighted by molar-refractivity contribution is 0.384. The van der Waals surface area contributed by atoms with E-state index in [0.29, 0.717) is 24.1 Å². The van der Waals surface area contributed by atoms with Crippen molar-refractivity contribution in [1.82, 2.24) is 20.1 Å². The van der Waals surface area contributed by atoms with Gasteiger partial charge in [-0.25, -0.2) is 9.97 Å². The average Bonchev–Trinajstić information content (AvgIpc) is 3.03. The lowest BCUT2D eigenvalue weighted by Crippen LogP contribution is -2.03. The minimum atomic E-state index is 0.403. The van der Waals surface area contributed by atoms with E-state index in [-0.39, 0.29) is 0 Å². The predicted molar refractivity (Wildman–Crippen MR) is 78.6 cm³/mol. The van der Waals surface area contributed by atoms with Gasteiger partial charge in [0.25, 0.3) is 0 Å². The van der Waals surface area contributed by atoms with Crippen molar-refractivity contribution in [3.63, 3.8) is 0 Å². The predicted octanol–water partition coefficient (Wildman–Crippen LogP) is 2.18. The third-order valence-electron chi connectivity index (χ3n) is 2.84. The van der Waals surface area contributed by atoms with Crippen LogP contribution in [0.15, 0.2) is 47.2 Å². The fraction of sp³-hybridized carbons (Fsp3) is 0.143. The first-order valence-corrected chi connectivity index (χ1v) is 6.47. The highest BCUT2D eigenvalue weighted by atomic mass is 16.5. The molecular formula is C14H14N6O. The second-order valence-corrected chi connectivity index (χ2v) is 4.27. The van der Waals surface area contributed by atoms with Crippen molar-refractivity contribution >= 4 is 11.6 Å². The first-order chi connectivity index (χ1) is 10.3. The summed E-state index contributed by atoms with van der Waals surface area (Å²) in [4.78, 5) is 12.5. The van der Waals surface area contributed by atoms with Crippen LogP contribution in [0.3, 0.4) is 0 Å². The Morgan fingerprint density at radius 2 is 1.90 bits per heavy atom. The summed E-state index contributed by atoms with van der Waals surface area (Å²) in [5.41, 5.74) is 0.923. The number of anilines is 2. The highest BCUT2D eigenvalue weighted by molar-refractivity contribution is 5.53. The van der Waals surface area contributed by atoms with Crippen molar-refractivity contribution in [2.75, 3.05) is 17.7 Å². The van der Waals surface area contributed by atoms with Crippen LogP contribution in [0.25, 0.3) is 11.4 Å². The Labute approximate surface area is 121 Å². The minimum Gasteiger partial charge on any atom is -0.373 e. The highest BCUT2D eigenvalue weighted by Gasteiger charge is 2.08. The van der Waals surface area contributed by atoms with Gasteiger partial charge in [0.15, 0.2) is 0 Å². The number of benzene rings is 1. The Morgan fingerprint density at radius 1 is 1.10 bits per heavy atom. The zero-order valence-electron chi connectivity index (χ0n) is 11.4. The molecule has 0 spiro atoms. The van der Waals surface area contributed by atoms with E-state index in [2.05, 4.69) is 30.7 Å². The van der Waals surface area contributed by atoms with Crippen LogP contribution in [0.2, 0.25) is 0 Å². The summed E-state index contributed by atoms with van der Waals surface area (Å²) in [6, 6.07) is 11.5. The molecule has 0 radical (unpaired) electrons. The highest BCUT2D eigenvalue weighted by Crippen LogP contribution is 2.15. The Kier molecular flexibility index (Phi) is 3.72. The molecule has 0 aliphatic rings. The topological polar surface area (TPSA) is 88.8 Å². The molecular weight excluding hydrogens is 268 g/mol. The molecule has 106 valence electrons. The quantitative estimate of drug-likeness (QED) is 0.741. The van der Waals surface area contributed by atoms with Crippen LogP contribution >= 0.6 is 0 Å². The van der Waals surface area contributed by atoms with Crippen LogP contribution < -0.4 is 10.6 Å². The summed E-state index contributed by atoms with van der Waals surface area (Å²) in [6.45, 7) is 0.403. The van der Waals surface area contributed by atoms with Crippen molar-refractivity contribution in [3.05, 3.63) is 48.6 Å². The van der Waals surface area contributed by atoms with E-state index < -0.39 is 0 Å². The molecule has 2 aromatic heterocycles. The number of rotatable bonds is 5. The van der Waals surface area contributed by atoms with Gasteiger partial charge in [-0.15, -0.1) is 0 Å². The lowest BCUT2D eigenvalue weighted by atomic mass is 10.2. The van der Waals surface area contributed by atoms with Gasteiger partial charge in [0.1, 0.15) is 18.0 Å². The first kappa shape index (κ1) is 13.0. The summed E-state index contributed by atoms with van der Waals surface area (Å²) in [5, 5.41) is 10.0. The monoisotopic (exact) mass is 282 g/mol. The van der Waals surface area contributed by atoms with E-state index in [1.807, 2.05) is 30.3 Å². The van der Waals surface area contributed by atoms with Gasteiger partial charge in [-0.1, -0.05) is 35.5 Å². The van der Waals surface area contributed by atoms with Crippen LogP contribution in [0.1, 0.15) is 5.89 Å². The molecule has 2 heterocycles. The smallest absolute Gasteiger partial charge is 0.246 e. The maximum atomic E-state index is 5.21. The molecule has 7 nitrogen and oxygen atoms in total. The molecule has 0 bridgehead atoms. The third-order valence-corrected chi connectivity index (χ3v) is 2.84. The van der Waals surface area contributed by atoms with Gasteiger partial charge in [-0.3, -0.25) is 0 Å². The summed E-state index contributed by atoms with van der Waals surface area (Å²) in [6.07, 6.45) is 1.48. The van der Waals surface area contributed by atoms with Crippen molar-refractivity contribution in [1.29, 1.82) is 0 Å². The van der Waals surface area contributed by atoms with Gasteiger partial charge in [-0.2, -0.15) is 4.98 Å². The summed E-state index contributed by atoms with van der Waals surface area (Å²) in [5.74, 6) is 2.50. The van der Waals surface area contributed by atoms with Crippen molar-refractivity contribution < 1.29 is 4.52 Å². The zero-order chi connectivity index (χ0) is 14.5. The molecule has 0 fully saturated rings. The van der Waals surface area contributed by atoms with E-state index >= 15 is 0 Å². The van der Waals surface area contributed by atoms with E-state index in [1.54, 1.807) is 13.1 Å². The number of aromatic nitrogens is 4. The zero-order valence-corrected chi connectivity index (χ0v) is 11.4. The molecule has 0 aliphatic carbocycles. The number of hydrogen-bond donors (Lipinski definition) is 2. The summed E-state index contributed by atoms with van der Waals surface area (Å²) >= 11 is 0. The second-order valence-electron chi connectivity index (χ2n) is 4.27. The number of nitrogens with one attached hydrogen (secondary N) is 2. The molecule has 2 N–H and O–H groups in total. The Bertz CT molecular complexity index is 712. The largest absolute Gasteiger partial charge is 0.373 e. The standard InChI is InChI=1S/C14H14N6O/c1-15-11-7-12(18-9-17-11)16-8-13-19-14(20-21-13)10-5-3-2-4-6-10/h2-7,9H,8H2,1H3,(H2,15,16,17,18).